The van der Waals surface area contributed by atoms with Crippen LogP contribution in [0.2, 0.25) is 0 Å². The van der Waals surface area contributed by atoms with Crippen LogP contribution in [-0.4, -0.2) is 37.1 Å². The van der Waals surface area contributed by atoms with Crippen molar-refractivity contribution in [1.29, 1.82) is 0 Å². The van der Waals surface area contributed by atoms with Crippen LogP contribution in [0.3, 0.4) is 0 Å². The van der Waals surface area contributed by atoms with Gasteiger partial charge in [0.2, 0.25) is 0 Å². The number of amides is 3. The predicted octanol–water partition coefficient (Wildman–Crippen LogP) is 1.86. The molecule has 0 aliphatic carbocycles. The molecule has 1 aromatic carbocycles. The van der Waals surface area contributed by atoms with Crippen LogP contribution < -0.4 is 5.32 Å². The summed E-state index contributed by atoms with van der Waals surface area (Å²) in [7, 11) is 1.53. The van der Waals surface area contributed by atoms with Crippen molar-refractivity contribution < 1.29 is 14.3 Å². The fourth-order valence-electron chi connectivity index (χ4n) is 2.08. The number of carbonyl (C=O) groups is 2. The second-order valence-corrected chi connectivity index (χ2v) is 5.43. The van der Waals surface area contributed by atoms with Gasteiger partial charge in [-0.3, -0.25) is 9.69 Å². The maximum absolute atomic E-state index is 12.4. The van der Waals surface area contributed by atoms with E-state index in [1.807, 2.05) is 24.3 Å². The summed E-state index contributed by atoms with van der Waals surface area (Å²) in [6, 6.07) is 6.98. The van der Waals surface area contributed by atoms with Gasteiger partial charge in [0.15, 0.2) is 0 Å². The Morgan fingerprint density at radius 2 is 2.16 bits per heavy atom. The van der Waals surface area contributed by atoms with Crippen molar-refractivity contribution in [2.45, 2.75) is 12.5 Å². The number of halogens is 1. The molecular weight excluding hydrogens is 312 g/mol. The molecule has 0 saturated carbocycles. The molecule has 1 N–H and O–H groups in total. The summed E-state index contributed by atoms with van der Waals surface area (Å²) in [6.07, 6.45) is 0. The van der Waals surface area contributed by atoms with Crippen molar-refractivity contribution in [3.05, 3.63) is 34.3 Å². The second kappa shape index (κ2) is 5.30. The van der Waals surface area contributed by atoms with Gasteiger partial charge >= 0.3 is 6.03 Å². The van der Waals surface area contributed by atoms with Crippen LogP contribution in [0.15, 0.2) is 28.7 Å². The Kier molecular flexibility index (Phi) is 3.91. The summed E-state index contributed by atoms with van der Waals surface area (Å²) < 4.78 is 5.78. The molecule has 2 rings (SSSR count). The average molecular weight is 327 g/mol. The lowest BCUT2D eigenvalue weighted by Gasteiger charge is -2.22. The van der Waals surface area contributed by atoms with E-state index in [0.29, 0.717) is 6.61 Å². The fourth-order valence-corrected chi connectivity index (χ4v) is 2.48. The topological polar surface area (TPSA) is 58.6 Å². The molecule has 1 aliphatic heterocycles. The monoisotopic (exact) mass is 326 g/mol. The summed E-state index contributed by atoms with van der Waals surface area (Å²) in [5.41, 5.74) is -0.269. The lowest BCUT2D eigenvalue weighted by atomic mass is 9.92. The SMILES string of the molecule is COCCN1C(=O)N[C@](C)(c2cccc(Br)c2)C1=O. The zero-order valence-electron chi connectivity index (χ0n) is 10.8. The summed E-state index contributed by atoms with van der Waals surface area (Å²) >= 11 is 3.37. The number of benzene rings is 1. The zero-order chi connectivity index (χ0) is 14.0. The minimum atomic E-state index is -1.02. The highest BCUT2D eigenvalue weighted by atomic mass is 79.9. The molecule has 19 heavy (non-hydrogen) atoms. The van der Waals surface area contributed by atoms with E-state index in [9.17, 15) is 9.59 Å². The Balaban J connectivity index is 2.30. The van der Waals surface area contributed by atoms with Crippen molar-refractivity contribution in [2.75, 3.05) is 20.3 Å². The van der Waals surface area contributed by atoms with Crippen LogP contribution in [-0.2, 0) is 15.1 Å². The number of methoxy groups -OCH3 is 1. The van der Waals surface area contributed by atoms with Crippen LogP contribution in [0, 0.1) is 0 Å². The molecule has 0 radical (unpaired) electrons. The summed E-state index contributed by atoms with van der Waals surface area (Å²) in [4.78, 5) is 25.5. The predicted molar refractivity (Wildman–Crippen MR) is 73.6 cm³/mol. The fraction of sp³-hybridized carbons (Fsp3) is 0.385. The van der Waals surface area contributed by atoms with Crippen molar-refractivity contribution in [1.82, 2.24) is 10.2 Å². The van der Waals surface area contributed by atoms with Crippen LogP contribution in [0.4, 0.5) is 4.79 Å². The van der Waals surface area contributed by atoms with E-state index in [2.05, 4.69) is 21.2 Å². The van der Waals surface area contributed by atoms with Crippen LogP contribution in [0.1, 0.15) is 12.5 Å². The van der Waals surface area contributed by atoms with Gasteiger partial charge in [-0.25, -0.2) is 4.79 Å². The van der Waals surface area contributed by atoms with Gasteiger partial charge in [-0.2, -0.15) is 0 Å². The first-order valence-electron chi connectivity index (χ1n) is 5.88. The number of hydrogen-bond acceptors (Lipinski definition) is 3. The molecule has 102 valence electrons. The van der Waals surface area contributed by atoms with Gasteiger partial charge in [0.1, 0.15) is 5.54 Å². The number of rotatable bonds is 4. The van der Waals surface area contributed by atoms with Crippen molar-refractivity contribution in [3.8, 4) is 0 Å². The molecule has 6 heteroatoms. The van der Waals surface area contributed by atoms with Crippen molar-refractivity contribution >= 4 is 27.9 Å². The molecule has 1 atom stereocenters. The number of hydrogen-bond donors (Lipinski definition) is 1. The highest BCUT2D eigenvalue weighted by Crippen LogP contribution is 2.30. The second-order valence-electron chi connectivity index (χ2n) is 4.52. The molecule has 3 amide bonds. The van der Waals surface area contributed by atoms with Gasteiger partial charge in [0, 0.05) is 11.6 Å². The molecule has 1 heterocycles. The molecule has 0 spiro atoms. The van der Waals surface area contributed by atoms with Gasteiger partial charge in [-0.05, 0) is 24.6 Å². The molecule has 0 unspecified atom stereocenters. The number of nitrogens with zero attached hydrogens (tertiary/aromatic N) is 1. The van der Waals surface area contributed by atoms with Crippen molar-refractivity contribution in [3.63, 3.8) is 0 Å². The Bertz CT molecular complexity index is 520. The number of nitrogens with one attached hydrogen (secondary N) is 1. The average Bonchev–Trinajstić information content (AvgIpc) is 2.59. The smallest absolute Gasteiger partial charge is 0.325 e. The van der Waals surface area contributed by atoms with E-state index in [1.54, 1.807) is 6.92 Å². The number of imide groups is 1. The highest BCUT2D eigenvalue weighted by Gasteiger charge is 2.48. The molecule has 0 aromatic heterocycles. The third kappa shape index (κ3) is 2.50. The molecule has 0 bridgehead atoms. The molecule has 5 nitrogen and oxygen atoms in total. The molecular formula is C13H15BrN2O3. The van der Waals surface area contributed by atoms with Gasteiger partial charge in [0.05, 0.1) is 13.2 Å². The van der Waals surface area contributed by atoms with E-state index >= 15 is 0 Å². The standard InChI is InChI=1S/C13H15BrN2O3/c1-13(9-4-3-5-10(14)8-9)11(17)16(6-7-19-2)12(18)15-13/h3-5,8H,6-7H2,1-2H3,(H,15,18)/t13-/m1/s1. The maximum atomic E-state index is 12.4. The Morgan fingerprint density at radius 1 is 1.42 bits per heavy atom. The van der Waals surface area contributed by atoms with Gasteiger partial charge in [-0.1, -0.05) is 28.1 Å². The molecule has 1 aromatic rings. The maximum Gasteiger partial charge on any atom is 0.325 e. The number of urea groups is 1. The Morgan fingerprint density at radius 3 is 2.79 bits per heavy atom. The number of ether oxygens (including phenoxy) is 1. The van der Waals surface area contributed by atoms with E-state index in [0.717, 1.165) is 10.0 Å². The van der Waals surface area contributed by atoms with Crippen LogP contribution in [0.25, 0.3) is 0 Å². The quantitative estimate of drug-likeness (QED) is 0.859. The van der Waals surface area contributed by atoms with E-state index < -0.39 is 5.54 Å². The van der Waals surface area contributed by atoms with E-state index in [1.165, 1.54) is 12.0 Å². The molecule has 1 aliphatic rings. The largest absolute Gasteiger partial charge is 0.383 e. The third-order valence-electron chi connectivity index (χ3n) is 3.20. The normalized spacial score (nSPS) is 22.8. The molecule has 1 saturated heterocycles. The van der Waals surface area contributed by atoms with Crippen LogP contribution in [0.5, 0.6) is 0 Å². The Labute approximate surface area is 120 Å². The first-order chi connectivity index (χ1) is 8.99. The zero-order valence-corrected chi connectivity index (χ0v) is 12.4. The summed E-state index contributed by atoms with van der Waals surface area (Å²) in [5.74, 6) is -0.257. The van der Waals surface area contributed by atoms with Gasteiger partial charge in [-0.15, -0.1) is 0 Å². The molecule has 1 fully saturated rings. The Hall–Kier alpha value is -1.40. The lowest BCUT2D eigenvalue weighted by molar-refractivity contribution is -0.131. The first-order valence-corrected chi connectivity index (χ1v) is 6.67. The minimum absolute atomic E-state index is 0.255. The van der Waals surface area contributed by atoms with E-state index in [-0.39, 0.29) is 18.5 Å². The first kappa shape index (κ1) is 14.0. The third-order valence-corrected chi connectivity index (χ3v) is 3.69. The summed E-state index contributed by atoms with van der Waals surface area (Å²) in [5, 5.41) is 2.74. The number of carbonyl (C=O) groups excluding carboxylic acids is 2. The minimum Gasteiger partial charge on any atom is -0.383 e. The summed E-state index contributed by atoms with van der Waals surface area (Å²) in [6.45, 7) is 2.29. The van der Waals surface area contributed by atoms with E-state index in [4.69, 9.17) is 4.74 Å². The van der Waals surface area contributed by atoms with Crippen molar-refractivity contribution in [2.24, 2.45) is 0 Å². The highest BCUT2D eigenvalue weighted by molar-refractivity contribution is 9.10. The lowest BCUT2D eigenvalue weighted by Crippen LogP contribution is -2.41. The van der Waals surface area contributed by atoms with Gasteiger partial charge < -0.3 is 10.1 Å². The van der Waals surface area contributed by atoms with Crippen LogP contribution >= 0.6 is 15.9 Å². The van der Waals surface area contributed by atoms with Gasteiger partial charge in [0.25, 0.3) is 5.91 Å².